The fraction of sp³-hybridized carbons (Fsp3) is 0.0435. The number of carbonyl (C=O) groups is 2. The van der Waals surface area contributed by atoms with Crippen LogP contribution in [-0.2, 0) is 11.4 Å². The molecular formula is C23H14BrCl2NO3S. The minimum Gasteiger partial charge on any atom is -0.488 e. The Morgan fingerprint density at radius 3 is 2.58 bits per heavy atom. The number of hydrogen-bond donors (Lipinski definition) is 0. The van der Waals surface area contributed by atoms with Crippen molar-refractivity contribution in [3.05, 3.63) is 97.3 Å². The first-order chi connectivity index (χ1) is 14.9. The molecule has 156 valence electrons. The molecule has 3 aromatic rings. The highest BCUT2D eigenvalue weighted by Crippen LogP contribution is 2.38. The molecule has 0 aliphatic carbocycles. The summed E-state index contributed by atoms with van der Waals surface area (Å²) in [5.74, 6) is 0.159. The number of halogens is 3. The highest BCUT2D eigenvalue weighted by molar-refractivity contribution is 9.10. The number of amides is 2. The summed E-state index contributed by atoms with van der Waals surface area (Å²) in [6.45, 7) is 0.270. The molecular weight excluding hydrogens is 521 g/mol. The number of carbonyl (C=O) groups excluding carboxylic acids is 2. The lowest BCUT2D eigenvalue weighted by Crippen LogP contribution is -2.27. The van der Waals surface area contributed by atoms with Crippen molar-refractivity contribution in [1.82, 2.24) is 0 Å². The van der Waals surface area contributed by atoms with Crippen molar-refractivity contribution in [1.29, 1.82) is 0 Å². The summed E-state index contributed by atoms with van der Waals surface area (Å²) >= 11 is 16.6. The first kappa shape index (κ1) is 22.0. The van der Waals surface area contributed by atoms with Crippen molar-refractivity contribution < 1.29 is 14.3 Å². The van der Waals surface area contributed by atoms with Gasteiger partial charge in [-0.15, -0.1) is 0 Å². The van der Waals surface area contributed by atoms with E-state index in [4.69, 9.17) is 27.9 Å². The molecule has 31 heavy (non-hydrogen) atoms. The Labute approximate surface area is 201 Å². The Bertz CT molecular complexity index is 1210. The van der Waals surface area contributed by atoms with Crippen LogP contribution in [0.2, 0.25) is 10.0 Å². The Hall–Kier alpha value is -2.25. The maximum atomic E-state index is 13.0. The Balaban J connectivity index is 1.62. The maximum absolute atomic E-state index is 13.0. The number of imide groups is 1. The summed E-state index contributed by atoms with van der Waals surface area (Å²) in [7, 11) is 0. The zero-order chi connectivity index (χ0) is 22.0. The van der Waals surface area contributed by atoms with E-state index in [2.05, 4.69) is 15.9 Å². The number of hydrogen-bond acceptors (Lipinski definition) is 4. The standard InChI is InChI=1S/C23H14BrCl2NO3S/c24-16-8-9-20(30-13-14-4-1-2-7-19(14)26)15(10-16)11-21-22(28)27(23(29)31-21)18-6-3-5-17(25)12-18/h1-12H,13H2/b21-11+. The largest absolute Gasteiger partial charge is 0.488 e. The summed E-state index contributed by atoms with van der Waals surface area (Å²) < 4.78 is 6.79. The van der Waals surface area contributed by atoms with Gasteiger partial charge in [0.15, 0.2) is 0 Å². The Kier molecular flexibility index (Phi) is 6.72. The molecule has 1 fully saturated rings. The topological polar surface area (TPSA) is 46.6 Å². The molecule has 1 aliphatic rings. The summed E-state index contributed by atoms with van der Waals surface area (Å²) in [5, 5.41) is 0.679. The van der Waals surface area contributed by atoms with Crippen molar-refractivity contribution in [3.63, 3.8) is 0 Å². The van der Waals surface area contributed by atoms with Gasteiger partial charge in [0.1, 0.15) is 12.4 Å². The van der Waals surface area contributed by atoms with Crippen LogP contribution >= 0.6 is 50.9 Å². The highest BCUT2D eigenvalue weighted by atomic mass is 79.9. The van der Waals surface area contributed by atoms with Crippen LogP contribution in [0, 0.1) is 0 Å². The first-order valence-electron chi connectivity index (χ1n) is 9.11. The lowest BCUT2D eigenvalue weighted by atomic mass is 10.1. The molecule has 0 unspecified atom stereocenters. The number of nitrogens with zero attached hydrogens (tertiary/aromatic N) is 1. The molecule has 4 nitrogen and oxygen atoms in total. The quantitative estimate of drug-likeness (QED) is 0.316. The lowest BCUT2D eigenvalue weighted by molar-refractivity contribution is -0.113. The second-order valence-corrected chi connectivity index (χ2v) is 9.31. The predicted molar refractivity (Wildman–Crippen MR) is 130 cm³/mol. The smallest absolute Gasteiger partial charge is 0.298 e. The molecule has 0 saturated carbocycles. The van der Waals surface area contributed by atoms with Crippen molar-refractivity contribution >= 4 is 73.8 Å². The highest BCUT2D eigenvalue weighted by Gasteiger charge is 2.36. The van der Waals surface area contributed by atoms with Gasteiger partial charge in [-0.2, -0.15) is 0 Å². The average Bonchev–Trinajstić information content (AvgIpc) is 3.01. The van der Waals surface area contributed by atoms with Gasteiger partial charge in [-0.05, 0) is 60.3 Å². The molecule has 8 heteroatoms. The lowest BCUT2D eigenvalue weighted by Gasteiger charge is -2.13. The van der Waals surface area contributed by atoms with Crippen molar-refractivity contribution in [2.75, 3.05) is 4.90 Å². The molecule has 1 aliphatic heterocycles. The van der Waals surface area contributed by atoms with Gasteiger partial charge < -0.3 is 4.74 Å². The van der Waals surface area contributed by atoms with Crippen molar-refractivity contribution in [2.45, 2.75) is 6.61 Å². The second kappa shape index (κ2) is 9.49. The van der Waals surface area contributed by atoms with E-state index in [1.54, 1.807) is 42.5 Å². The van der Waals surface area contributed by atoms with Gasteiger partial charge in [-0.25, -0.2) is 4.90 Å². The summed E-state index contributed by atoms with van der Waals surface area (Å²) in [4.78, 5) is 26.9. The van der Waals surface area contributed by atoms with Crippen LogP contribution in [0.25, 0.3) is 6.08 Å². The van der Waals surface area contributed by atoms with Crippen LogP contribution in [0.5, 0.6) is 5.75 Å². The fourth-order valence-electron chi connectivity index (χ4n) is 2.98. The van der Waals surface area contributed by atoms with E-state index in [1.807, 2.05) is 30.3 Å². The molecule has 0 aromatic heterocycles. The monoisotopic (exact) mass is 533 g/mol. The Morgan fingerprint density at radius 2 is 1.81 bits per heavy atom. The van der Waals surface area contributed by atoms with Crippen LogP contribution in [0.3, 0.4) is 0 Å². The zero-order valence-electron chi connectivity index (χ0n) is 15.8. The van der Waals surface area contributed by atoms with E-state index < -0.39 is 5.91 Å². The first-order valence-corrected chi connectivity index (χ1v) is 11.5. The number of ether oxygens (including phenoxy) is 1. The van der Waals surface area contributed by atoms with Gasteiger partial charge in [0.05, 0.1) is 10.6 Å². The van der Waals surface area contributed by atoms with E-state index in [9.17, 15) is 9.59 Å². The van der Waals surface area contributed by atoms with Gasteiger partial charge in [-0.3, -0.25) is 9.59 Å². The average molecular weight is 535 g/mol. The van der Waals surface area contributed by atoms with E-state index in [1.165, 1.54) is 0 Å². The normalized spacial score (nSPS) is 15.1. The summed E-state index contributed by atoms with van der Waals surface area (Å²) in [6.07, 6.45) is 1.65. The second-order valence-electron chi connectivity index (χ2n) is 6.56. The van der Waals surface area contributed by atoms with Crippen LogP contribution in [-0.4, -0.2) is 11.1 Å². The Morgan fingerprint density at radius 1 is 1.00 bits per heavy atom. The zero-order valence-corrected chi connectivity index (χ0v) is 19.8. The van der Waals surface area contributed by atoms with Gasteiger partial charge >= 0.3 is 0 Å². The van der Waals surface area contributed by atoms with Gasteiger partial charge in [0, 0.05) is 25.6 Å². The molecule has 3 aromatic carbocycles. The molecule has 0 spiro atoms. The molecule has 2 amide bonds. The fourth-order valence-corrected chi connectivity index (χ4v) is 4.57. The van der Waals surface area contributed by atoms with Crippen LogP contribution < -0.4 is 9.64 Å². The molecule has 1 heterocycles. The summed E-state index contributed by atoms with van der Waals surface area (Å²) in [6, 6.07) is 19.5. The number of thioether (sulfide) groups is 1. The maximum Gasteiger partial charge on any atom is 0.298 e. The minimum atomic E-state index is -0.408. The molecule has 1 saturated heterocycles. The van der Waals surface area contributed by atoms with Crippen LogP contribution in [0.1, 0.15) is 11.1 Å². The van der Waals surface area contributed by atoms with E-state index in [0.29, 0.717) is 32.0 Å². The third kappa shape index (κ3) is 4.99. The van der Waals surface area contributed by atoms with Gasteiger partial charge in [-0.1, -0.05) is 63.4 Å². The van der Waals surface area contributed by atoms with Gasteiger partial charge in [0.25, 0.3) is 11.1 Å². The molecule has 0 bridgehead atoms. The number of rotatable bonds is 5. The predicted octanol–water partition coefficient (Wildman–Crippen LogP) is 7.58. The molecule has 0 atom stereocenters. The van der Waals surface area contributed by atoms with Gasteiger partial charge in [0.2, 0.25) is 0 Å². The van der Waals surface area contributed by atoms with Crippen molar-refractivity contribution in [3.8, 4) is 5.75 Å². The van der Waals surface area contributed by atoms with E-state index >= 15 is 0 Å². The van der Waals surface area contributed by atoms with Crippen LogP contribution in [0.4, 0.5) is 10.5 Å². The van der Waals surface area contributed by atoms with Crippen LogP contribution in [0.15, 0.2) is 76.1 Å². The molecule has 0 N–H and O–H groups in total. The minimum absolute atomic E-state index is 0.270. The van der Waals surface area contributed by atoms with E-state index in [-0.39, 0.29) is 11.8 Å². The van der Waals surface area contributed by atoms with Crippen molar-refractivity contribution in [2.24, 2.45) is 0 Å². The number of benzene rings is 3. The third-order valence-corrected chi connectivity index (χ3v) is 6.43. The molecule has 4 rings (SSSR count). The van der Waals surface area contributed by atoms with E-state index in [0.717, 1.165) is 26.7 Å². The molecule has 0 radical (unpaired) electrons. The number of anilines is 1. The summed E-state index contributed by atoms with van der Waals surface area (Å²) in [5.41, 5.74) is 1.94. The SMILES string of the molecule is O=C1S/C(=C/c2cc(Br)ccc2OCc2ccccc2Cl)C(=O)N1c1cccc(Cl)c1. The third-order valence-electron chi connectivity index (χ3n) is 4.46.